The van der Waals surface area contributed by atoms with E-state index in [0.29, 0.717) is 23.1 Å². The van der Waals surface area contributed by atoms with Crippen LogP contribution in [-0.2, 0) is 6.54 Å². The van der Waals surface area contributed by atoms with Crippen LogP contribution in [0.1, 0.15) is 12.5 Å². The van der Waals surface area contributed by atoms with Gasteiger partial charge in [0, 0.05) is 13.1 Å². The summed E-state index contributed by atoms with van der Waals surface area (Å²) in [7, 11) is 0. The normalized spacial score (nSPS) is 16.7. The molecule has 1 aliphatic rings. The van der Waals surface area contributed by atoms with E-state index in [-0.39, 0.29) is 19.9 Å². The molecule has 0 spiro atoms. The number of fused-ring (bicyclic) bond motifs is 1. The first-order valence-electron chi connectivity index (χ1n) is 5.64. The minimum absolute atomic E-state index is 0.186. The Hall–Kier alpha value is -1.01. The Morgan fingerprint density at radius 1 is 1.44 bits per heavy atom. The lowest BCUT2D eigenvalue weighted by Gasteiger charge is -2.20. The molecule has 6 heteroatoms. The van der Waals surface area contributed by atoms with E-state index >= 15 is 0 Å². The van der Waals surface area contributed by atoms with Crippen LogP contribution in [0, 0.1) is 0 Å². The van der Waals surface area contributed by atoms with Crippen LogP contribution in [-0.4, -0.2) is 35.8 Å². The molecule has 1 atom stereocenters. The van der Waals surface area contributed by atoms with Gasteiger partial charge < -0.3 is 25.0 Å². The lowest BCUT2D eigenvalue weighted by atomic mass is 10.1. The van der Waals surface area contributed by atoms with E-state index in [0.717, 1.165) is 5.56 Å². The molecule has 0 saturated heterocycles. The van der Waals surface area contributed by atoms with Gasteiger partial charge in [0.1, 0.15) is 0 Å². The van der Waals surface area contributed by atoms with Gasteiger partial charge in [-0.3, -0.25) is 0 Å². The van der Waals surface area contributed by atoms with Gasteiger partial charge in [0.25, 0.3) is 0 Å². The van der Waals surface area contributed by atoms with E-state index in [2.05, 4.69) is 5.32 Å². The zero-order valence-corrected chi connectivity index (χ0v) is 10.8. The van der Waals surface area contributed by atoms with Crippen molar-refractivity contribution >= 4 is 11.6 Å². The predicted octanol–water partition coefficient (Wildman–Crippen LogP) is 0.902. The fourth-order valence-corrected chi connectivity index (χ4v) is 1.94. The molecule has 2 rings (SSSR count). The van der Waals surface area contributed by atoms with E-state index in [1.54, 1.807) is 13.0 Å². The number of ether oxygens (including phenoxy) is 2. The van der Waals surface area contributed by atoms with E-state index < -0.39 is 5.60 Å². The molecule has 1 aromatic rings. The number of aliphatic hydroxyl groups is 2. The van der Waals surface area contributed by atoms with Crippen molar-refractivity contribution in [3.63, 3.8) is 0 Å². The summed E-state index contributed by atoms with van der Waals surface area (Å²) >= 11 is 6.05. The average molecular weight is 274 g/mol. The first-order valence-corrected chi connectivity index (χ1v) is 6.01. The largest absolute Gasteiger partial charge is 0.454 e. The van der Waals surface area contributed by atoms with Gasteiger partial charge in [0.05, 0.1) is 17.2 Å². The van der Waals surface area contributed by atoms with Crippen molar-refractivity contribution in [2.75, 3.05) is 19.9 Å². The third kappa shape index (κ3) is 3.05. The summed E-state index contributed by atoms with van der Waals surface area (Å²) in [4.78, 5) is 0. The maximum Gasteiger partial charge on any atom is 0.231 e. The standard InChI is InChI=1S/C12H16ClNO4/c1-12(16,6-15)5-14-4-8-2-9(13)11-10(3-8)17-7-18-11/h2-3,14-16H,4-7H2,1H3. The number of aliphatic hydroxyl groups excluding tert-OH is 1. The molecule has 0 aliphatic carbocycles. The second-order valence-corrected chi connectivity index (χ2v) is 4.98. The number of hydrogen-bond acceptors (Lipinski definition) is 5. The Morgan fingerprint density at radius 2 is 2.22 bits per heavy atom. The Labute approximate surface area is 110 Å². The molecular weight excluding hydrogens is 258 g/mol. The number of halogens is 1. The van der Waals surface area contributed by atoms with Gasteiger partial charge in [-0.1, -0.05) is 11.6 Å². The van der Waals surface area contributed by atoms with Gasteiger partial charge in [-0.05, 0) is 24.6 Å². The minimum atomic E-state index is -1.12. The highest BCUT2D eigenvalue weighted by Crippen LogP contribution is 2.39. The summed E-state index contributed by atoms with van der Waals surface area (Å²) in [6.45, 7) is 2.27. The topological polar surface area (TPSA) is 71.0 Å². The average Bonchev–Trinajstić information content (AvgIpc) is 2.77. The van der Waals surface area contributed by atoms with Crippen molar-refractivity contribution in [3.05, 3.63) is 22.7 Å². The molecule has 0 saturated carbocycles. The molecule has 100 valence electrons. The van der Waals surface area contributed by atoms with Crippen molar-refractivity contribution < 1.29 is 19.7 Å². The molecule has 1 aliphatic heterocycles. The molecule has 3 N–H and O–H groups in total. The van der Waals surface area contributed by atoms with E-state index in [1.165, 1.54) is 0 Å². The fourth-order valence-electron chi connectivity index (χ4n) is 1.65. The second-order valence-electron chi connectivity index (χ2n) is 4.57. The maximum atomic E-state index is 9.63. The Kier molecular flexibility index (Phi) is 3.97. The first kappa shape index (κ1) is 13.4. The lowest BCUT2D eigenvalue weighted by Crippen LogP contribution is -2.40. The summed E-state index contributed by atoms with van der Waals surface area (Å²) in [5, 5.41) is 22.1. The van der Waals surface area contributed by atoms with Gasteiger partial charge in [0.15, 0.2) is 11.5 Å². The van der Waals surface area contributed by atoms with Crippen molar-refractivity contribution in [2.45, 2.75) is 19.1 Å². The molecule has 1 unspecified atom stereocenters. The zero-order valence-electron chi connectivity index (χ0n) is 10.1. The first-order chi connectivity index (χ1) is 8.52. The quantitative estimate of drug-likeness (QED) is 0.744. The van der Waals surface area contributed by atoms with Gasteiger partial charge >= 0.3 is 0 Å². The van der Waals surface area contributed by atoms with Crippen LogP contribution >= 0.6 is 11.6 Å². The van der Waals surface area contributed by atoms with E-state index in [9.17, 15) is 5.11 Å². The maximum absolute atomic E-state index is 9.63. The summed E-state index contributed by atoms with van der Waals surface area (Å²) < 4.78 is 10.5. The SMILES string of the molecule is CC(O)(CO)CNCc1cc(Cl)c2c(c1)OCO2. The molecule has 0 amide bonds. The molecule has 0 fully saturated rings. The van der Waals surface area contributed by atoms with Gasteiger partial charge in [-0.25, -0.2) is 0 Å². The third-order valence-electron chi connectivity index (χ3n) is 2.66. The van der Waals surface area contributed by atoms with Gasteiger partial charge in [0.2, 0.25) is 6.79 Å². The van der Waals surface area contributed by atoms with Gasteiger partial charge in [-0.2, -0.15) is 0 Å². The summed E-state index contributed by atoms with van der Waals surface area (Å²) in [6.07, 6.45) is 0. The zero-order chi connectivity index (χ0) is 13.2. The second kappa shape index (κ2) is 5.32. The highest BCUT2D eigenvalue weighted by Gasteiger charge is 2.20. The van der Waals surface area contributed by atoms with Crippen molar-refractivity contribution in [1.29, 1.82) is 0 Å². The van der Waals surface area contributed by atoms with Crippen molar-refractivity contribution in [3.8, 4) is 11.5 Å². The Morgan fingerprint density at radius 3 is 2.94 bits per heavy atom. The lowest BCUT2D eigenvalue weighted by molar-refractivity contribution is 0.00254. The van der Waals surface area contributed by atoms with Crippen LogP contribution in [0.15, 0.2) is 12.1 Å². The monoisotopic (exact) mass is 273 g/mol. The van der Waals surface area contributed by atoms with Crippen LogP contribution < -0.4 is 14.8 Å². The smallest absolute Gasteiger partial charge is 0.231 e. The summed E-state index contributed by atoms with van der Waals surface area (Å²) in [5.41, 5.74) is -0.196. The fraction of sp³-hybridized carbons (Fsp3) is 0.500. The van der Waals surface area contributed by atoms with Crippen molar-refractivity contribution in [1.82, 2.24) is 5.32 Å². The van der Waals surface area contributed by atoms with Crippen LogP contribution in [0.5, 0.6) is 11.5 Å². The van der Waals surface area contributed by atoms with Crippen molar-refractivity contribution in [2.24, 2.45) is 0 Å². The van der Waals surface area contributed by atoms with Crippen LogP contribution in [0.2, 0.25) is 5.02 Å². The number of rotatable bonds is 5. The molecule has 18 heavy (non-hydrogen) atoms. The predicted molar refractivity (Wildman–Crippen MR) is 67.0 cm³/mol. The van der Waals surface area contributed by atoms with Gasteiger partial charge in [-0.15, -0.1) is 0 Å². The molecule has 1 aromatic carbocycles. The third-order valence-corrected chi connectivity index (χ3v) is 2.94. The number of nitrogens with one attached hydrogen (secondary N) is 1. The van der Waals surface area contributed by atoms with E-state index in [1.807, 2.05) is 6.07 Å². The summed E-state index contributed by atoms with van der Waals surface area (Å²) in [6, 6.07) is 3.63. The Balaban J connectivity index is 1.97. The summed E-state index contributed by atoms with van der Waals surface area (Å²) in [5.74, 6) is 1.20. The van der Waals surface area contributed by atoms with Crippen LogP contribution in [0.3, 0.4) is 0 Å². The molecular formula is C12H16ClNO4. The molecule has 0 bridgehead atoms. The Bertz CT molecular complexity index is 436. The number of benzene rings is 1. The van der Waals surface area contributed by atoms with E-state index in [4.69, 9.17) is 26.2 Å². The number of hydrogen-bond donors (Lipinski definition) is 3. The molecule has 0 aromatic heterocycles. The van der Waals surface area contributed by atoms with Crippen LogP contribution in [0.4, 0.5) is 0 Å². The molecule has 0 radical (unpaired) electrons. The highest BCUT2D eigenvalue weighted by molar-refractivity contribution is 6.32. The molecule has 1 heterocycles. The van der Waals surface area contributed by atoms with Crippen LogP contribution in [0.25, 0.3) is 0 Å². The highest BCUT2D eigenvalue weighted by atomic mass is 35.5. The molecule has 5 nitrogen and oxygen atoms in total. The minimum Gasteiger partial charge on any atom is -0.454 e.